The van der Waals surface area contributed by atoms with Crippen LogP contribution in [0.5, 0.6) is 0 Å². The Morgan fingerprint density at radius 2 is 0.923 bits per heavy atom. The van der Waals surface area contributed by atoms with Crippen molar-refractivity contribution in [3.05, 3.63) is 180 Å². The van der Waals surface area contributed by atoms with E-state index in [4.69, 9.17) is 0 Å². The van der Waals surface area contributed by atoms with Crippen LogP contribution in [0.3, 0.4) is 0 Å². The fourth-order valence-corrected chi connectivity index (χ4v) is 11.2. The number of rotatable bonds is 5. The molecule has 1 aromatic heterocycles. The summed E-state index contributed by atoms with van der Waals surface area (Å²) in [5.41, 5.74) is 18.6. The Balaban J connectivity index is 1.36. The molecule has 65 heavy (non-hydrogen) atoms. The summed E-state index contributed by atoms with van der Waals surface area (Å²) in [5.74, 6) is 0. The van der Waals surface area contributed by atoms with Crippen LogP contribution in [0.15, 0.2) is 158 Å². The molecule has 0 unspecified atom stereocenters. The van der Waals surface area contributed by atoms with E-state index < -0.39 is 0 Å². The molecule has 0 atom stereocenters. The van der Waals surface area contributed by atoms with Gasteiger partial charge in [-0.3, -0.25) is 0 Å². The standard InChI is InChI=1S/C60H62BN3S/c1-57(2,3)39-27-30-45(31-28-39)64-52-38-47(62(43-21-15-13-16-22-43)44-23-17-14-18-24-44)37-51-54(52)61(56-55(64)48-32-29-40(58(4,5)6)36-53(48)65-56)49-25-19-20-26-50(49)63(51)46-34-41(59(7,8)9)33-42(35-46)60(10,11)12/h13-38H,1-12H3. The van der Waals surface area contributed by atoms with E-state index in [0.29, 0.717) is 0 Å². The number of nitrogens with zero attached hydrogens (tertiary/aromatic N) is 3. The molecular formula is C60H62BN3S. The number of hydrogen-bond acceptors (Lipinski definition) is 4. The monoisotopic (exact) mass is 867 g/mol. The highest BCUT2D eigenvalue weighted by Crippen LogP contribution is 2.51. The first-order valence-electron chi connectivity index (χ1n) is 23.4. The van der Waals surface area contributed by atoms with E-state index in [1.807, 2.05) is 11.3 Å². The van der Waals surface area contributed by atoms with Crippen molar-refractivity contribution in [2.45, 2.75) is 105 Å². The van der Waals surface area contributed by atoms with Gasteiger partial charge in [0.1, 0.15) is 0 Å². The van der Waals surface area contributed by atoms with Crippen molar-refractivity contribution in [1.82, 2.24) is 0 Å². The summed E-state index contributed by atoms with van der Waals surface area (Å²) in [5, 5.41) is 1.30. The lowest BCUT2D eigenvalue weighted by molar-refractivity contribution is 0.569. The largest absolute Gasteiger partial charge is 0.311 e. The molecule has 0 amide bonds. The van der Waals surface area contributed by atoms with Crippen molar-refractivity contribution in [2.24, 2.45) is 0 Å². The highest BCUT2D eigenvalue weighted by atomic mass is 32.1. The molecule has 3 nitrogen and oxygen atoms in total. The molecule has 326 valence electrons. The first-order valence-corrected chi connectivity index (χ1v) is 24.2. The fourth-order valence-electron chi connectivity index (χ4n) is 9.88. The lowest BCUT2D eigenvalue weighted by Crippen LogP contribution is -2.60. The van der Waals surface area contributed by atoms with Crippen molar-refractivity contribution in [2.75, 3.05) is 14.7 Å². The average Bonchev–Trinajstić information content (AvgIpc) is 3.64. The van der Waals surface area contributed by atoms with Gasteiger partial charge in [0.2, 0.25) is 0 Å². The smallest absolute Gasteiger partial charge is 0.264 e. The molecule has 0 fully saturated rings. The molecule has 0 saturated carbocycles. The maximum Gasteiger partial charge on any atom is 0.264 e. The summed E-state index contributed by atoms with van der Waals surface area (Å²) in [7, 11) is 0. The first kappa shape index (κ1) is 42.9. The molecule has 7 aromatic carbocycles. The van der Waals surface area contributed by atoms with Crippen molar-refractivity contribution in [3.8, 4) is 0 Å². The summed E-state index contributed by atoms with van der Waals surface area (Å²) >= 11 is 1.98. The van der Waals surface area contributed by atoms with Crippen LogP contribution in [-0.4, -0.2) is 6.71 Å². The van der Waals surface area contributed by atoms with Crippen LogP contribution in [0.4, 0.5) is 51.2 Å². The van der Waals surface area contributed by atoms with Gasteiger partial charge in [0.15, 0.2) is 0 Å². The Morgan fingerprint density at radius 1 is 0.415 bits per heavy atom. The third-order valence-electron chi connectivity index (χ3n) is 13.6. The molecule has 2 aliphatic rings. The van der Waals surface area contributed by atoms with Crippen molar-refractivity contribution < 1.29 is 0 Å². The van der Waals surface area contributed by atoms with Crippen LogP contribution in [0.2, 0.25) is 0 Å². The molecule has 5 heteroatoms. The van der Waals surface area contributed by atoms with Crippen LogP contribution >= 0.6 is 11.3 Å². The van der Waals surface area contributed by atoms with Gasteiger partial charge in [-0.25, -0.2) is 0 Å². The summed E-state index contributed by atoms with van der Waals surface area (Å²) in [6, 6.07) is 60.0. The molecule has 0 bridgehead atoms. The van der Waals surface area contributed by atoms with Crippen molar-refractivity contribution in [3.63, 3.8) is 0 Å². The maximum absolute atomic E-state index is 2.61. The molecule has 0 radical (unpaired) electrons. The van der Waals surface area contributed by atoms with Gasteiger partial charge in [0.25, 0.3) is 6.71 Å². The summed E-state index contributed by atoms with van der Waals surface area (Å²) < 4.78 is 2.72. The van der Waals surface area contributed by atoms with E-state index in [2.05, 4.69) is 256 Å². The molecule has 0 spiro atoms. The molecule has 0 saturated heterocycles. The van der Waals surface area contributed by atoms with E-state index in [9.17, 15) is 0 Å². The van der Waals surface area contributed by atoms with Gasteiger partial charge in [0.05, 0.1) is 11.4 Å². The van der Waals surface area contributed by atoms with E-state index in [1.54, 1.807) is 0 Å². The van der Waals surface area contributed by atoms with Gasteiger partial charge in [0, 0.05) is 54.7 Å². The second kappa shape index (κ2) is 15.3. The normalized spacial score (nSPS) is 13.8. The zero-order valence-corrected chi connectivity index (χ0v) is 41.2. The Kier molecular flexibility index (Phi) is 10.1. The van der Waals surface area contributed by atoms with Crippen LogP contribution < -0.4 is 30.4 Å². The summed E-state index contributed by atoms with van der Waals surface area (Å²) in [4.78, 5) is 7.65. The number of fused-ring (bicyclic) bond motifs is 6. The third-order valence-corrected chi connectivity index (χ3v) is 14.8. The highest BCUT2D eigenvalue weighted by molar-refractivity contribution is 7.33. The number of benzene rings is 7. The van der Waals surface area contributed by atoms with Gasteiger partial charge in [-0.1, -0.05) is 168 Å². The Hall–Kier alpha value is -6.04. The highest BCUT2D eigenvalue weighted by Gasteiger charge is 2.46. The van der Waals surface area contributed by atoms with E-state index in [0.717, 1.165) is 22.7 Å². The molecule has 0 N–H and O–H groups in total. The van der Waals surface area contributed by atoms with Gasteiger partial charge in [-0.2, -0.15) is 0 Å². The number of anilines is 9. The average molecular weight is 868 g/mol. The molecule has 2 aliphatic heterocycles. The predicted molar refractivity (Wildman–Crippen MR) is 285 cm³/mol. The SMILES string of the molecule is CC(C)(C)c1ccc(N2c3cc(N(c4ccccc4)c4ccccc4)cc4c3B(c3ccccc3N4c3cc(C(C)(C)C)cc(C(C)(C)C)c3)c3sc4cc(C(C)(C)C)ccc4c32)cc1. The summed E-state index contributed by atoms with van der Waals surface area (Å²) in [6.07, 6.45) is 0. The number of thiophene rings is 1. The fraction of sp³-hybridized carbons (Fsp3) is 0.267. The Morgan fingerprint density at radius 3 is 1.48 bits per heavy atom. The quantitative estimate of drug-likeness (QED) is 0.160. The van der Waals surface area contributed by atoms with Gasteiger partial charge < -0.3 is 14.7 Å². The maximum atomic E-state index is 2.61. The lowest BCUT2D eigenvalue weighted by atomic mass is 9.36. The topological polar surface area (TPSA) is 9.72 Å². The van der Waals surface area contributed by atoms with Crippen LogP contribution in [0, 0.1) is 0 Å². The number of para-hydroxylation sites is 3. The molecular weight excluding hydrogens is 806 g/mol. The van der Waals surface area contributed by atoms with Crippen molar-refractivity contribution >= 4 is 95.0 Å². The minimum absolute atomic E-state index is 0.0203. The van der Waals surface area contributed by atoms with Crippen LogP contribution in [-0.2, 0) is 21.7 Å². The molecule has 0 aliphatic carbocycles. The second-order valence-electron chi connectivity index (χ2n) is 22.4. The van der Waals surface area contributed by atoms with Gasteiger partial charge in [-0.15, -0.1) is 11.3 Å². The van der Waals surface area contributed by atoms with Crippen molar-refractivity contribution in [1.29, 1.82) is 0 Å². The van der Waals surface area contributed by atoms with E-state index in [-0.39, 0.29) is 28.4 Å². The summed E-state index contributed by atoms with van der Waals surface area (Å²) in [6.45, 7) is 28.0. The number of hydrogen-bond donors (Lipinski definition) is 0. The molecule has 8 aromatic rings. The second-order valence-corrected chi connectivity index (χ2v) is 23.5. The van der Waals surface area contributed by atoms with Crippen LogP contribution in [0.25, 0.3) is 10.1 Å². The zero-order valence-electron chi connectivity index (χ0n) is 40.3. The van der Waals surface area contributed by atoms with E-state index in [1.165, 1.54) is 76.5 Å². The zero-order chi connectivity index (χ0) is 45.8. The third kappa shape index (κ3) is 7.46. The minimum Gasteiger partial charge on any atom is -0.311 e. The van der Waals surface area contributed by atoms with Gasteiger partial charge >= 0.3 is 0 Å². The van der Waals surface area contributed by atoms with E-state index >= 15 is 0 Å². The lowest BCUT2D eigenvalue weighted by Gasteiger charge is -2.44. The minimum atomic E-state index is -0.0551. The molecule has 3 heterocycles. The Labute approximate surface area is 392 Å². The first-order chi connectivity index (χ1) is 30.8. The Bertz CT molecular complexity index is 3010. The predicted octanol–water partition coefficient (Wildman–Crippen LogP) is 15.6. The van der Waals surface area contributed by atoms with Crippen LogP contribution in [0.1, 0.15) is 105 Å². The van der Waals surface area contributed by atoms with Gasteiger partial charge in [-0.05, 0) is 128 Å². The molecule has 10 rings (SSSR count).